The lowest BCUT2D eigenvalue weighted by atomic mass is 9.78. The second kappa shape index (κ2) is 6.55. The van der Waals surface area contributed by atoms with E-state index in [0.29, 0.717) is 10.8 Å². The quantitative estimate of drug-likeness (QED) is 0.801. The third-order valence-electron chi connectivity index (χ3n) is 5.69. The molecule has 1 N–H and O–H groups in total. The van der Waals surface area contributed by atoms with Crippen LogP contribution in [0.15, 0.2) is 0 Å². The lowest BCUT2D eigenvalue weighted by Gasteiger charge is -2.40. The van der Waals surface area contributed by atoms with Crippen molar-refractivity contribution in [2.75, 3.05) is 46.4 Å². The Morgan fingerprint density at radius 1 is 1.05 bits per heavy atom. The first kappa shape index (κ1) is 15.3. The van der Waals surface area contributed by atoms with Gasteiger partial charge in [-0.05, 0) is 57.2 Å². The highest BCUT2D eigenvalue weighted by Gasteiger charge is 2.40. The lowest BCUT2D eigenvalue weighted by molar-refractivity contribution is 0.0250. The SMILES string of the molecule is CCC1(CC)CCN(CC2(COC)CCNCC2)C1. The molecule has 3 heteroatoms. The molecule has 3 nitrogen and oxygen atoms in total. The van der Waals surface area contributed by atoms with E-state index >= 15 is 0 Å². The first-order valence-electron chi connectivity index (χ1n) is 8.10. The van der Waals surface area contributed by atoms with Crippen molar-refractivity contribution in [1.29, 1.82) is 0 Å². The van der Waals surface area contributed by atoms with Gasteiger partial charge in [-0.15, -0.1) is 0 Å². The van der Waals surface area contributed by atoms with Crippen LogP contribution in [0.25, 0.3) is 0 Å². The molecule has 0 aromatic rings. The van der Waals surface area contributed by atoms with E-state index in [1.807, 2.05) is 7.11 Å². The highest BCUT2D eigenvalue weighted by atomic mass is 16.5. The van der Waals surface area contributed by atoms with Crippen LogP contribution >= 0.6 is 0 Å². The van der Waals surface area contributed by atoms with Gasteiger partial charge in [-0.2, -0.15) is 0 Å². The Morgan fingerprint density at radius 2 is 1.74 bits per heavy atom. The highest BCUT2D eigenvalue weighted by molar-refractivity contribution is 4.93. The van der Waals surface area contributed by atoms with Crippen LogP contribution in [0.5, 0.6) is 0 Å². The molecular weight excluding hydrogens is 236 g/mol. The molecule has 0 aliphatic carbocycles. The fraction of sp³-hybridized carbons (Fsp3) is 1.00. The Balaban J connectivity index is 1.95. The maximum Gasteiger partial charge on any atom is 0.0531 e. The molecule has 19 heavy (non-hydrogen) atoms. The number of methoxy groups -OCH3 is 1. The Labute approximate surface area is 119 Å². The third kappa shape index (κ3) is 3.50. The normalized spacial score (nSPS) is 26.7. The molecule has 2 heterocycles. The lowest BCUT2D eigenvalue weighted by Crippen LogP contribution is -2.47. The molecule has 0 atom stereocenters. The predicted octanol–water partition coefficient (Wildman–Crippen LogP) is 2.51. The van der Waals surface area contributed by atoms with Crippen LogP contribution < -0.4 is 5.32 Å². The summed E-state index contributed by atoms with van der Waals surface area (Å²) in [5.41, 5.74) is 0.999. The second-order valence-electron chi connectivity index (χ2n) is 6.85. The van der Waals surface area contributed by atoms with Crippen molar-refractivity contribution in [3.05, 3.63) is 0 Å². The van der Waals surface area contributed by atoms with Crippen molar-refractivity contribution in [3.63, 3.8) is 0 Å². The minimum Gasteiger partial charge on any atom is -0.384 e. The van der Waals surface area contributed by atoms with Gasteiger partial charge < -0.3 is 15.0 Å². The third-order valence-corrected chi connectivity index (χ3v) is 5.69. The van der Waals surface area contributed by atoms with Crippen molar-refractivity contribution >= 4 is 0 Å². The molecule has 0 bridgehead atoms. The Kier molecular flexibility index (Phi) is 5.27. The molecule has 0 spiro atoms. The zero-order valence-electron chi connectivity index (χ0n) is 13.1. The fourth-order valence-corrected chi connectivity index (χ4v) is 4.08. The minimum absolute atomic E-state index is 0.400. The zero-order chi connectivity index (χ0) is 13.8. The maximum absolute atomic E-state index is 5.55. The summed E-state index contributed by atoms with van der Waals surface area (Å²) in [7, 11) is 1.86. The smallest absolute Gasteiger partial charge is 0.0531 e. The van der Waals surface area contributed by atoms with Crippen molar-refractivity contribution in [2.45, 2.75) is 46.0 Å². The topological polar surface area (TPSA) is 24.5 Å². The fourth-order valence-electron chi connectivity index (χ4n) is 4.08. The molecule has 0 amide bonds. The molecule has 0 radical (unpaired) electrons. The van der Waals surface area contributed by atoms with Crippen LogP contribution in [0.1, 0.15) is 46.0 Å². The number of piperidine rings is 1. The average Bonchev–Trinajstić information content (AvgIpc) is 2.84. The summed E-state index contributed by atoms with van der Waals surface area (Å²) in [6, 6.07) is 0. The van der Waals surface area contributed by atoms with E-state index in [4.69, 9.17) is 4.74 Å². The highest BCUT2D eigenvalue weighted by Crippen LogP contribution is 2.39. The van der Waals surface area contributed by atoms with Gasteiger partial charge in [-0.3, -0.25) is 0 Å². The Morgan fingerprint density at radius 3 is 2.26 bits per heavy atom. The van der Waals surface area contributed by atoms with Gasteiger partial charge in [0, 0.05) is 25.6 Å². The predicted molar refractivity (Wildman–Crippen MR) is 80.5 cm³/mol. The van der Waals surface area contributed by atoms with Crippen molar-refractivity contribution in [3.8, 4) is 0 Å². The van der Waals surface area contributed by atoms with Gasteiger partial charge in [0.05, 0.1) is 6.61 Å². The number of ether oxygens (including phenoxy) is 1. The van der Waals surface area contributed by atoms with E-state index in [9.17, 15) is 0 Å². The van der Waals surface area contributed by atoms with Crippen LogP contribution in [-0.4, -0.2) is 51.3 Å². The number of nitrogens with one attached hydrogen (secondary N) is 1. The van der Waals surface area contributed by atoms with Crippen LogP contribution in [0.3, 0.4) is 0 Å². The minimum atomic E-state index is 0.400. The molecule has 0 aromatic carbocycles. The van der Waals surface area contributed by atoms with Gasteiger partial charge in [-0.1, -0.05) is 13.8 Å². The molecule has 2 rings (SSSR count). The second-order valence-corrected chi connectivity index (χ2v) is 6.85. The average molecular weight is 268 g/mol. The van der Waals surface area contributed by atoms with Crippen LogP contribution in [-0.2, 0) is 4.74 Å². The van der Waals surface area contributed by atoms with E-state index in [0.717, 1.165) is 19.7 Å². The van der Waals surface area contributed by atoms with Crippen LogP contribution in [0.2, 0.25) is 0 Å². The van der Waals surface area contributed by atoms with Gasteiger partial charge in [-0.25, -0.2) is 0 Å². The first-order chi connectivity index (χ1) is 9.17. The van der Waals surface area contributed by atoms with Gasteiger partial charge in [0.15, 0.2) is 0 Å². The summed E-state index contributed by atoms with van der Waals surface area (Å²) in [6.45, 7) is 11.8. The first-order valence-corrected chi connectivity index (χ1v) is 8.10. The van der Waals surface area contributed by atoms with E-state index < -0.39 is 0 Å². The molecule has 0 unspecified atom stereocenters. The molecular formula is C16H32N2O. The van der Waals surface area contributed by atoms with Crippen LogP contribution in [0.4, 0.5) is 0 Å². The summed E-state index contributed by atoms with van der Waals surface area (Å²) >= 11 is 0. The van der Waals surface area contributed by atoms with Gasteiger partial charge in [0.2, 0.25) is 0 Å². The van der Waals surface area contributed by atoms with Gasteiger partial charge in [0.25, 0.3) is 0 Å². The number of nitrogens with zero attached hydrogens (tertiary/aromatic N) is 1. The number of hydrogen-bond acceptors (Lipinski definition) is 3. The molecule has 0 aromatic heterocycles. The Hall–Kier alpha value is -0.120. The van der Waals surface area contributed by atoms with Crippen LogP contribution in [0, 0.1) is 10.8 Å². The van der Waals surface area contributed by atoms with E-state index in [2.05, 4.69) is 24.1 Å². The van der Waals surface area contributed by atoms with Crippen molar-refractivity contribution in [2.24, 2.45) is 10.8 Å². The number of likely N-dealkylation sites (tertiary alicyclic amines) is 1. The van der Waals surface area contributed by atoms with Crippen molar-refractivity contribution in [1.82, 2.24) is 10.2 Å². The van der Waals surface area contributed by atoms with Crippen molar-refractivity contribution < 1.29 is 4.74 Å². The van der Waals surface area contributed by atoms with E-state index in [1.54, 1.807) is 0 Å². The number of rotatable bonds is 6. The van der Waals surface area contributed by atoms with E-state index in [-0.39, 0.29) is 0 Å². The summed E-state index contributed by atoms with van der Waals surface area (Å²) in [6.07, 6.45) is 6.59. The molecule has 2 aliphatic rings. The van der Waals surface area contributed by atoms with Gasteiger partial charge >= 0.3 is 0 Å². The molecule has 0 saturated carbocycles. The maximum atomic E-state index is 5.55. The largest absolute Gasteiger partial charge is 0.384 e. The molecule has 2 fully saturated rings. The number of hydrogen-bond donors (Lipinski definition) is 1. The molecule has 2 aliphatic heterocycles. The van der Waals surface area contributed by atoms with E-state index in [1.165, 1.54) is 51.7 Å². The molecule has 112 valence electrons. The standard InChI is InChI=1S/C16H32N2O/c1-4-15(5-2)8-11-18(12-15)13-16(14-19-3)6-9-17-10-7-16/h17H,4-14H2,1-3H3. The summed E-state index contributed by atoms with van der Waals surface area (Å²) in [4.78, 5) is 2.72. The summed E-state index contributed by atoms with van der Waals surface area (Å²) in [5, 5.41) is 3.49. The Bertz CT molecular complexity index is 264. The monoisotopic (exact) mass is 268 g/mol. The summed E-state index contributed by atoms with van der Waals surface area (Å²) < 4.78 is 5.55. The molecule has 2 saturated heterocycles. The zero-order valence-corrected chi connectivity index (χ0v) is 13.1. The summed E-state index contributed by atoms with van der Waals surface area (Å²) in [5.74, 6) is 0. The van der Waals surface area contributed by atoms with Gasteiger partial charge in [0.1, 0.15) is 0 Å².